The van der Waals surface area contributed by atoms with Crippen LogP contribution in [0.4, 0.5) is 0 Å². The molecule has 0 spiro atoms. The lowest BCUT2D eigenvalue weighted by Crippen LogP contribution is -2.23. The zero-order valence-corrected chi connectivity index (χ0v) is 12.8. The maximum absolute atomic E-state index is 9.18. The third-order valence-electron chi connectivity index (χ3n) is 4.93. The minimum Gasteiger partial charge on any atom is -0.268 e. The van der Waals surface area contributed by atoms with E-state index in [4.69, 9.17) is 0 Å². The van der Waals surface area contributed by atoms with Gasteiger partial charge in [0.25, 0.3) is 0 Å². The number of fused-ring (bicyclic) bond motifs is 1. The summed E-state index contributed by atoms with van der Waals surface area (Å²) < 4.78 is 1.97. The molecule has 3 heterocycles. The minimum atomic E-state index is 0.0264. The van der Waals surface area contributed by atoms with Crippen LogP contribution in [-0.2, 0) is 0 Å². The minimum absolute atomic E-state index is 0.0264. The lowest BCUT2D eigenvalue weighted by molar-refractivity contribution is 0.314. The number of rotatable bonds is 4. The highest BCUT2D eigenvalue weighted by molar-refractivity contribution is 6.21. The van der Waals surface area contributed by atoms with Gasteiger partial charge in [0, 0.05) is 18.0 Å². The van der Waals surface area contributed by atoms with Crippen molar-refractivity contribution in [1.82, 2.24) is 9.78 Å². The van der Waals surface area contributed by atoms with Gasteiger partial charge in [-0.05, 0) is 24.8 Å². The molecule has 0 saturated heterocycles. The molecule has 4 rings (SSSR count). The molecule has 1 saturated carbocycles. The molecule has 1 aromatic rings. The fraction of sp³-hybridized carbons (Fsp3) is 0.471. The first-order chi connectivity index (χ1) is 11.4. The average Bonchev–Trinajstić information content (AvgIpc) is 3.32. The Morgan fingerprint density at radius 1 is 1.30 bits per heavy atom. The van der Waals surface area contributed by atoms with Gasteiger partial charge >= 0.3 is 0 Å². The van der Waals surface area contributed by atoms with Crippen LogP contribution in [0, 0.1) is 23.2 Å². The molecule has 2 atom stereocenters. The van der Waals surface area contributed by atoms with Crippen molar-refractivity contribution in [2.24, 2.45) is 26.8 Å². The van der Waals surface area contributed by atoms with E-state index >= 15 is 0 Å². The van der Waals surface area contributed by atoms with E-state index in [1.165, 1.54) is 25.7 Å². The predicted octanol–water partition coefficient (Wildman–Crippen LogP) is 2.90. The fourth-order valence-electron chi connectivity index (χ4n) is 3.75. The number of aromatic nitrogens is 2. The van der Waals surface area contributed by atoms with E-state index in [1.807, 2.05) is 23.2 Å². The molecule has 2 aliphatic heterocycles. The number of nitrogens with zero attached hydrogens (tertiary/aromatic N) is 6. The van der Waals surface area contributed by atoms with Crippen molar-refractivity contribution in [2.45, 2.75) is 38.1 Å². The Kier molecular flexibility index (Phi) is 3.62. The van der Waals surface area contributed by atoms with E-state index in [0.29, 0.717) is 12.3 Å². The second kappa shape index (κ2) is 5.92. The largest absolute Gasteiger partial charge is 0.268 e. The summed E-state index contributed by atoms with van der Waals surface area (Å²) in [6.45, 7) is 0. The molecule has 1 aliphatic carbocycles. The molecule has 116 valence electrons. The van der Waals surface area contributed by atoms with Gasteiger partial charge < -0.3 is 0 Å². The third-order valence-corrected chi connectivity index (χ3v) is 4.93. The van der Waals surface area contributed by atoms with Gasteiger partial charge in [-0.2, -0.15) is 10.4 Å². The van der Waals surface area contributed by atoms with Crippen molar-refractivity contribution >= 4 is 17.9 Å². The van der Waals surface area contributed by atoms with Crippen LogP contribution < -0.4 is 0 Å². The normalized spacial score (nSPS) is 24.2. The van der Waals surface area contributed by atoms with Gasteiger partial charge in [-0.15, -0.1) is 0 Å². The number of amidine groups is 1. The van der Waals surface area contributed by atoms with E-state index in [0.717, 1.165) is 17.1 Å². The monoisotopic (exact) mass is 306 g/mol. The van der Waals surface area contributed by atoms with Crippen LogP contribution in [0.3, 0.4) is 0 Å². The van der Waals surface area contributed by atoms with E-state index in [2.05, 4.69) is 26.1 Å². The Bertz CT molecular complexity index is 754. The fourth-order valence-corrected chi connectivity index (χ4v) is 3.75. The van der Waals surface area contributed by atoms with Crippen molar-refractivity contribution in [3.05, 3.63) is 30.2 Å². The lowest BCUT2D eigenvalue weighted by atomic mass is 9.95. The molecule has 0 bridgehead atoms. The topological polar surface area (TPSA) is 78.7 Å². The summed E-state index contributed by atoms with van der Waals surface area (Å²) >= 11 is 0. The number of nitriles is 1. The molecule has 23 heavy (non-hydrogen) atoms. The zero-order valence-electron chi connectivity index (χ0n) is 12.8. The zero-order chi connectivity index (χ0) is 15.6. The molecule has 1 fully saturated rings. The summed E-state index contributed by atoms with van der Waals surface area (Å²) in [6.07, 6.45) is 14.6. The quantitative estimate of drug-likeness (QED) is 0.857. The lowest BCUT2D eigenvalue weighted by Gasteiger charge is -2.21. The van der Waals surface area contributed by atoms with Crippen molar-refractivity contribution in [1.29, 1.82) is 5.26 Å². The summed E-state index contributed by atoms with van der Waals surface area (Å²) in [6, 6.07) is 2.49. The van der Waals surface area contributed by atoms with E-state index < -0.39 is 0 Å². The van der Waals surface area contributed by atoms with Gasteiger partial charge in [0.2, 0.25) is 0 Å². The van der Waals surface area contributed by atoms with Crippen LogP contribution in [0.25, 0.3) is 0 Å². The molecule has 0 amide bonds. The van der Waals surface area contributed by atoms with Gasteiger partial charge in [-0.25, -0.2) is 15.0 Å². The molecule has 1 aromatic heterocycles. The smallest absolute Gasteiger partial charge is 0.142 e. The highest BCUT2D eigenvalue weighted by Crippen LogP contribution is 2.36. The Morgan fingerprint density at radius 3 is 3.00 bits per heavy atom. The van der Waals surface area contributed by atoms with Crippen LogP contribution >= 0.6 is 0 Å². The second-order valence-electron chi connectivity index (χ2n) is 6.25. The molecule has 3 aliphatic rings. The van der Waals surface area contributed by atoms with E-state index in [1.54, 1.807) is 12.5 Å². The SMILES string of the molecule is N#CC[C@@H](C1CCCC1)n1cc(C2=NC=NC3=NC=C[C@H]32)cn1. The molecule has 0 N–H and O–H groups in total. The molecule has 6 heteroatoms. The summed E-state index contributed by atoms with van der Waals surface area (Å²) in [7, 11) is 0. The van der Waals surface area contributed by atoms with Crippen molar-refractivity contribution in [3.63, 3.8) is 0 Å². The summed E-state index contributed by atoms with van der Waals surface area (Å²) in [5.74, 6) is 1.37. The standard InChI is InChI=1S/C17H18N6/c18-7-5-15(12-3-1-2-4-12)23-10-13(9-22-23)16-14-6-8-19-17(14)21-11-20-16/h6,8-12,14-15H,1-5H2/t14-,15-/m0/s1. The first kappa shape index (κ1) is 14.1. The molecule has 0 aromatic carbocycles. The Morgan fingerprint density at radius 2 is 2.17 bits per heavy atom. The van der Waals surface area contributed by atoms with Crippen LogP contribution in [0.5, 0.6) is 0 Å². The summed E-state index contributed by atoms with van der Waals surface area (Å²) in [5, 5.41) is 13.7. The highest BCUT2D eigenvalue weighted by Gasteiger charge is 2.29. The van der Waals surface area contributed by atoms with Crippen LogP contribution in [0.2, 0.25) is 0 Å². The van der Waals surface area contributed by atoms with E-state index in [9.17, 15) is 5.26 Å². The maximum atomic E-state index is 9.18. The van der Waals surface area contributed by atoms with Crippen LogP contribution in [0.15, 0.2) is 39.6 Å². The molecular formula is C17H18N6. The molecule has 6 nitrogen and oxygen atoms in total. The maximum Gasteiger partial charge on any atom is 0.142 e. The Labute approximate surface area is 135 Å². The first-order valence-electron chi connectivity index (χ1n) is 8.13. The summed E-state index contributed by atoms with van der Waals surface area (Å²) in [4.78, 5) is 12.9. The van der Waals surface area contributed by atoms with Gasteiger partial charge in [-0.1, -0.05) is 12.8 Å². The summed E-state index contributed by atoms with van der Waals surface area (Å²) in [5.41, 5.74) is 1.92. The number of hydrogen-bond donors (Lipinski definition) is 0. The first-order valence-corrected chi connectivity index (χ1v) is 8.13. The second-order valence-corrected chi connectivity index (χ2v) is 6.25. The molecular weight excluding hydrogens is 288 g/mol. The van der Waals surface area contributed by atoms with Crippen molar-refractivity contribution in [3.8, 4) is 6.07 Å². The van der Waals surface area contributed by atoms with Gasteiger partial charge in [0.15, 0.2) is 0 Å². The average molecular weight is 306 g/mol. The predicted molar refractivity (Wildman–Crippen MR) is 88.5 cm³/mol. The third kappa shape index (κ3) is 2.52. The van der Waals surface area contributed by atoms with E-state index in [-0.39, 0.29) is 12.0 Å². The van der Waals surface area contributed by atoms with Crippen LogP contribution in [-0.4, -0.2) is 27.7 Å². The molecule has 0 unspecified atom stereocenters. The Hall–Kier alpha value is -2.55. The van der Waals surface area contributed by atoms with Crippen LogP contribution in [0.1, 0.15) is 43.7 Å². The Balaban J connectivity index is 1.62. The van der Waals surface area contributed by atoms with Crippen molar-refractivity contribution < 1.29 is 0 Å². The number of aliphatic imine (C=N–C) groups is 3. The number of hydrogen-bond acceptors (Lipinski definition) is 5. The highest BCUT2D eigenvalue weighted by atomic mass is 15.3. The van der Waals surface area contributed by atoms with Gasteiger partial charge in [0.1, 0.15) is 12.2 Å². The van der Waals surface area contributed by atoms with Crippen molar-refractivity contribution in [2.75, 3.05) is 0 Å². The van der Waals surface area contributed by atoms with Gasteiger partial charge in [0.05, 0.1) is 36.4 Å². The van der Waals surface area contributed by atoms with Gasteiger partial charge in [-0.3, -0.25) is 4.68 Å². The molecule has 0 radical (unpaired) electrons.